The zero-order chi connectivity index (χ0) is 19.4. The Labute approximate surface area is 157 Å². The average Bonchev–Trinajstić information content (AvgIpc) is 3.01. The van der Waals surface area contributed by atoms with Crippen molar-refractivity contribution in [3.8, 4) is 0 Å². The number of hydrogen-bond acceptors (Lipinski definition) is 4. The van der Waals surface area contributed by atoms with E-state index >= 15 is 0 Å². The lowest BCUT2D eigenvalue weighted by Crippen LogP contribution is -2.48. The molecule has 0 amide bonds. The van der Waals surface area contributed by atoms with Gasteiger partial charge in [0, 0.05) is 38.0 Å². The molecule has 2 N–H and O–H groups in total. The molecule has 11 heteroatoms. The summed E-state index contributed by atoms with van der Waals surface area (Å²) in [5, 5.41) is 6.51. The Morgan fingerprint density at radius 3 is 2.46 bits per heavy atom. The Balaban J connectivity index is 1.75. The van der Waals surface area contributed by atoms with Crippen molar-refractivity contribution in [1.82, 2.24) is 14.9 Å². The smallest absolute Gasteiger partial charge is 0.356 e. The first-order valence-electron chi connectivity index (χ1n) is 8.72. The fourth-order valence-electron chi connectivity index (χ4n) is 3.21. The molecule has 2 aliphatic heterocycles. The molecule has 0 spiro atoms. The second kappa shape index (κ2) is 8.55. The van der Waals surface area contributed by atoms with Crippen molar-refractivity contribution in [3.05, 3.63) is 0 Å². The summed E-state index contributed by atoms with van der Waals surface area (Å²) in [5.74, 6) is 1.96. The van der Waals surface area contributed by atoms with Gasteiger partial charge in [0.1, 0.15) is 0 Å². The zero-order valence-corrected chi connectivity index (χ0v) is 16.7. The van der Waals surface area contributed by atoms with Crippen LogP contribution >= 0.6 is 11.8 Å². The van der Waals surface area contributed by atoms with E-state index in [9.17, 15) is 21.6 Å². The molecule has 2 fully saturated rings. The van der Waals surface area contributed by atoms with Gasteiger partial charge in [0.25, 0.3) is 0 Å². The van der Waals surface area contributed by atoms with Crippen LogP contribution in [0.3, 0.4) is 0 Å². The second-order valence-corrected chi connectivity index (χ2v) is 10.6. The zero-order valence-electron chi connectivity index (χ0n) is 15.1. The summed E-state index contributed by atoms with van der Waals surface area (Å²) < 4.78 is 61.4. The average molecular weight is 417 g/mol. The monoisotopic (exact) mass is 416 g/mol. The third kappa shape index (κ3) is 5.41. The van der Waals surface area contributed by atoms with Crippen LogP contribution in [-0.2, 0) is 10.0 Å². The largest absolute Gasteiger partial charge is 0.511 e. The molecule has 1 unspecified atom stereocenters. The third-order valence-corrected chi connectivity index (χ3v) is 8.09. The van der Waals surface area contributed by atoms with Gasteiger partial charge in [-0.3, -0.25) is 4.99 Å². The molecule has 6 nitrogen and oxygen atoms in total. The van der Waals surface area contributed by atoms with E-state index < -0.39 is 15.5 Å². The van der Waals surface area contributed by atoms with Gasteiger partial charge in [0.05, 0.1) is 0 Å². The van der Waals surface area contributed by atoms with Crippen molar-refractivity contribution in [1.29, 1.82) is 0 Å². The lowest BCUT2D eigenvalue weighted by molar-refractivity contribution is -0.0496. The highest BCUT2D eigenvalue weighted by Crippen LogP contribution is 2.37. The number of rotatable bonds is 5. The van der Waals surface area contributed by atoms with Crippen LogP contribution in [0.1, 0.15) is 32.6 Å². The molecule has 26 heavy (non-hydrogen) atoms. The normalized spacial score (nSPS) is 26.9. The van der Waals surface area contributed by atoms with Gasteiger partial charge in [-0.1, -0.05) is 0 Å². The highest BCUT2D eigenvalue weighted by molar-refractivity contribution is 8.00. The molecule has 2 rings (SSSR count). The van der Waals surface area contributed by atoms with Crippen LogP contribution in [0.5, 0.6) is 0 Å². The first kappa shape index (κ1) is 21.6. The molecular weight excluding hydrogens is 389 g/mol. The summed E-state index contributed by atoms with van der Waals surface area (Å²) in [5.41, 5.74) is -5.22. The maximum absolute atomic E-state index is 12.6. The van der Waals surface area contributed by atoms with Crippen LogP contribution < -0.4 is 10.6 Å². The van der Waals surface area contributed by atoms with Crippen LogP contribution in [-0.4, -0.2) is 67.9 Å². The Kier molecular flexibility index (Phi) is 7.11. The molecule has 0 bridgehead atoms. The number of alkyl halides is 3. The lowest BCUT2D eigenvalue weighted by Gasteiger charge is -2.32. The van der Waals surface area contributed by atoms with Gasteiger partial charge in [-0.15, -0.1) is 0 Å². The first-order valence-corrected chi connectivity index (χ1v) is 11.1. The maximum Gasteiger partial charge on any atom is 0.511 e. The Morgan fingerprint density at radius 2 is 1.96 bits per heavy atom. The van der Waals surface area contributed by atoms with Gasteiger partial charge in [0.15, 0.2) is 5.96 Å². The summed E-state index contributed by atoms with van der Waals surface area (Å²) in [6.07, 6.45) is 3.17. The molecule has 0 saturated carbocycles. The highest BCUT2D eigenvalue weighted by Gasteiger charge is 2.50. The summed E-state index contributed by atoms with van der Waals surface area (Å²) in [7, 11) is -3.53. The molecule has 1 atom stereocenters. The molecule has 2 saturated heterocycles. The molecule has 2 heterocycles. The molecule has 0 radical (unpaired) electrons. The predicted octanol–water partition coefficient (Wildman–Crippen LogP) is 2.00. The molecule has 0 aromatic rings. The topological polar surface area (TPSA) is 73.8 Å². The maximum atomic E-state index is 12.6. The van der Waals surface area contributed by atoms with Crippen LogP contribution in [0.4, 0.5) is 13.2 Å². The van der Waals surface area contributed by atoms with E-state index in [4.69, 9.17) is 0 Å². The fraction of sp³-hybridized carbons (Fsp3) is 0.933. The van der Waals surface area contributed by atoms with Crippen molar-refractivity contribution in [2.75, 3.05) is 39.0 Å². The molecular formula is C15H27F3N4O2S2. The number of thioether (sulfide) groups is 1. The minimum atomic E-state index is -5.22. The van der Waals surface area contributed by atoms with Crippen LogP contribution in [0.2, 0.25) is 0 Å². The van der Waals surface area contributed by atoms with Crippen molar-refractivity contribution >= 4 is 27.7 Å². The molecule has 0 aromatic carbocycles. The van der Waals surface area contributed by atoms with Crippen molar-refractivity contribution < 1.29 is 21.6 Å². The summed E-state index contributed by atoms with van der Waals surface area (Å²) in [6.45, 7) is 3.38. The second-order valence-electron chi connectivity index (χ2n) is 7.00. The van der Waals surface area contributed by atoms with Gasteiger partial charge in [-0.25, -0.2) is 8.42 Å². The van der Waals surface area contributed by atoms with E-state index in [1.807, 2.05) is 11.8 Å². The predicted molar refractivity (Wildman–Crippen MR) is 98.7 cm³/mol. The quantitative estimate of drug-likeness (QED) is 0.530. The van der Waals surface area contributed by atoms with Gasteiger partial charge in [-0.2, -0.15) is 29.2 Å². The van der Waals surface area contributed by atoms with E-state index in [-0.39, 0.29) is 23.8 Å². The van der Waals surface area contributed by atoms with Gasteiger partial charge < -0.3 is 10.6 Å². The summed E-state index contributed by atoms with van der Waals surface area (Å²) in [4.78, 5) is 4.18. The van der Waals surface area contributed by atoms with E-state index in [0.717, 1.165) is 13.0 Å². The van der Waals surface area contributed by atoms with E-state index in [0.29, 0.717) is 29.7 Å². The standard InChI is InChI=1S/C15H27F3N4O2S2/c1-14(6-3-9-25-14)11-21-13(19-2)20-10-12-4-7-22(8-5-12)26(23,24)15(16,17)18/h12H,3-11H2,1-2H3,(H2,19,20,21). The van der Waals surface area contributed by atoms with Crippen molar-refractivity contribution in [2.45, 2.75) is 42.9 Å². The van der Waals surface area contributed by atoms with E-state index in [1.54, 1.807) is 7.05 Å². The molecule has 0 aromatic heterocycles. The molecule has 152 valence electrons. The Morgan fingerprint density at radius 1 is 1.31 bits per heavy atom. The number of halogens is 3. The van der Waals surface area contributed by atoms with Crippen molar-refractivity contribution in [2.24, 2.45) is 10.9 Å². The minimum Gasteiger partial charge on any atom is -0.356 e. The highest BCUT2D eigenvalue weighted by atomic mass is 32.2. The Bertz CT molecular complexity index is 597. The van der Waals surface area contributed by atoms with Crippen LogP contribution in [0, 0.1) is 5.92 Å². The third-order valence-electron chi connectivity index (χ3n) is 4.92. The lowest BCUT2D eigenvalue weighted by atomic mass is 9.98. The van der Waals surface area contributed by atoms with Crippen LogP contribution in [0.15, 0.2) is 4.99 Å². The van der Waals surface area contributed by atoms with E-state index in [1.165, 1.54) is 12.2 Å². The van der Waals surface area contributed by atoms with Gasteiger partial charge in [0.2, 0.25) is 0 Å². The van der Waals surface area contributed by atoms with Crippen LogP contribution in [0.25, 0.3) is 0 Å². The number of nitrogens with zero attached hydrogens (tertiary/aromatic N) is 2. The number of sulfonamides is 1. The van der Waals surface area contributed by atoms with Gasteiger partial charge >= 0.3 is 15.5 Å². The number of hydrogen-bond donors (Lipinski definition) is 2. The molecule has 0 aliphatic carbocycles. The first-order chi connectivity index (χ1) is 12.1. The summed E-state index contributed by atoms with van der Waals surface area (Å²) >= 11 is 1.95. The van der Waals surface area contributed by atoms with E-state index in [2.05, 4.69) is 22.5 Å². The number of guanidine groups is 1. The van der Waals surface area contributed by atoms with Gasteiger partial charge in [-0.05, 0) is 44.3 Å². The Hall–Kier alpha value is -0.680. The number of nitrogens with one attached hydrogen (secondary N) is 2. The van der Waals surface area contributed by atoms with Crippen molar-refractivity contribution in [3.63, 3.8) is 0 Å². The minimum absolute atomic E-state index is 0.102. The molecule has 2 aliphatic rings. The number of piperidine rings is 1. The fourth-order valence-corrected chi connectivity index (χ4v) is 5.44. The summed E-state index contributed by atoms with van der Waals surface area (Å²) in [6, 6.07) is 0. The SMILES string of the molecule is CN=C(NCC1CCN(S(=O)(=O)C(F)(F)F)CC1)NCC1(C)CCCS1. The number of aliphatic imine (C=N–C) groups is 1.